The van der Waals surface area contributed by atoms with E-state index in [1.807, 2.05) is 37.3 Å². The van der Waals surface area contributed by atoms with Crippen molar-refractivity contribution in [1.82, 2.24) is 9.36 Å². The van der Waals surface area contributed by atoms with Crippen molar-refractivity contribution in [2.24, 2.45) is 0 Å². The molecule has 5 heteroatoms. The molecule has 106 valence electrons. The number of halogens is 1. The molecule has 0 aliphatic rings. The molecule has 3 nitrogen and oxygen atoms in total. The van der Waals surface area contributed by atoms with E-state index in [4.69, 9.17) is 0 Å². The molecule has 1 N–H and O–H groups in total. The maximum absolute atomic E-state index is 13.1. The average Bonchev–Trinajstić information content (AvgIpc) is 2.92. The normalized spacial score (nSPS) is 12.1. The number of anilines is 1. The maximum atomic E-state index is 13.1. The van der Waals surface area contributed by atoms with Gasteiger partial charge in [0.05, 0.1) is 6.04 Å². The van der Waals surface area contributed by atoms with Gasteiger partial charge in [-0.05, 0) is 30.2 Å². The minimum Gasteiger partial charge on any atom is -0.349 e. The number of nitrogens with one attached hydrogen (secondary N) is 1. The van der Waals surface area contributed by atoms with Crippen molar-refractivity contribution in [2.45, 2.75) is 13.0 Å². The van der Waals surface area contributed by atoms with Crippen molar-refractivity contribution >= 4 is 16.7 Å². The molecule has 3 rings (SSSR count). The lowest BCUT2D eigenvalue weighted by Gasteiger charge is -2.19. The minimum absolute atomic E-state index is 0.0841. The summed E-state index contributed by atoms with van der Waals surface area (Å²) in [6.45, 7) is 1.86. The summed E-state index contributed by atoms with van der Waals surface area (Å²) in [6, 6.07) is 16.4. The molecule has 2 aromatic carbocycles. The maximum Gasteiger partial charge on any atom is 0.203 e. The molecule has 1 atom stereocenters. The Bertz CT molecular complexity index is 710. The van der Waals surface area contributed by atoms with Crippen LogP contribution in [0.1, 0.15) is 23.0 Å². The highest BCUT2D eigenvalue weighted by Crippen LogP contribution is 2.27. The summed E-state index contributed by atoms with van der Waals surface area (Å²) in [4.78, 5) is 4.34. The molecule has 0 aliphatic heterocycles. The fourth-order valence-corrected chi connectivity index (χ4v) is 2.74. The highest BCUT2D eigenvalue weighted by atomic mass is 32.1. The number of hydrogen-bond donors (Lipinski definition) is 1. The first kappa shape index (κ1) is 13.7. The first-order valence-corrected chi connectivity index (χ1v) is 7.37. The molecule has 0 amide bonds. The van der Waals surface area contributed by atoms with Gasteiger partial charge >= 0.3 is 0 Å². The second-order valence-corrected chi connectivity index (χ2v) is 5.44. The Kier molecular flexibility index (Phi) is 3.92. The van der Waals surface area contributed by atoms with E-state index >= 15 is 0 Å². The lowest BCUT2D eigenvalue weighted by atomic mass is 9.99. The highest BCUT2D eigenvalue weighted by molar-refractivity contribution is 7.09. The molecule has 0 bridgehead atoms. The predicted octanol–water partition coefficient (Wildman–Crippen LogP) is 4.19. The number of hydrogen-bond acceptors (Lipinski definition) is 4. The van der Waals surface area contributed by atoms with Crippen molar-refractivity contribution in [1.29, 1.82) is 0 Å². The number of benzene rings is 2. The molecule has 1 unspecified atom stereocenters. The van der Waals surface area contributed by atoms with Gasteiger partial charge in [0.1, 0.15) is 11.6 Å². The summed E-state index contributed by atoms with van der Waals surface area (Å²) >= 11 is 1.32. The molecular weight excluding hydrogens is 285 g/mol. The monoisotopic (exact) mass is 299 g/mol. The summed E-state index contributed by atoms with van der Waals surface area (Å²) in [6.07, 6.45) is 0. The van der Waals surface area contributed by atoms with Crippen LogP contribution in [0.15, 0.2) is 54.6 Å². The van der Waals surface area contributed by atoms with E-state index in [-0.39, 0.29) is 11.9 Å². The van der Waals surface area contributed by atoms with Crippen LogP contribution in [0.25, 0.3) is 0 Å². The molecule has 3 aromatic rings. The van der Waals surface area contributed by atoms with Crippen LogP contribution in [-0.2, 0) is 0 Å². The lowest BCUT2D eigenvalue weighted by molar-refractivity contribution is 0.626. The van der Waals surface area contributed by atoms with Crippen LogP contribution in [-0.4, -0.2) is 9.36 Å². The van der Waals surface area contributed by atoms with Crippen molar-refractivity contribution in [3.8, 4) is 0 Å². The van der Waals surface area contributed by atoms with E-state index in [1.54, 1.807) is 12.1 Å². The third-order valence-corrected chi connectivity index (χ3v) is 3.87. The quantitative estimate of drug-likeness (QED) is 0.785. The third-order valence-electron chi connectivity index (χ3n) is 3.13. The molecule has 0 aliphatic carbocycles. The summed E-state index contributed by atoms with van der Waals surface area (Å²) in [5.74, 6) is 0.505. The zero-order chi connectivity index (χ0) is 14.7. The fourth-order valence-electron chi connectivity index (χ4n) is 2.14. The molecule has 1 aromatic heterocycles. The number of nitrogens with zero attached hydrogens (tertiary/aromatic N) is 2. The van der Waals surface area contributed by atoms with Crippen LogP contribution in [0, 0.1) is 12.7 Å². The molecular formula is C16H14FN3S. The molecule has 1 heterocycles. The number of aryl methyl sites for hydroxylation is 1. The molecule has 0 fully saturated rings. The Labute approximate surface area is 126 Å². The molecule has 21 heavy (non-hydrogen) atoms. The second-order valence-electron chi connectivity index (χ2n) is 4.69. The zero-order valence-electron chi connectivity index (χ0n) is 11.5. The Morgan fingerprint density at radius 3 is 2.29 bits per heavy atom. The van der Waals surface area contributed by atoms with Crippen molar-refractivity contribution in [3.63, 3.8) is 0 Å². The number of rotatable bonds is 4. The van der Waals surface area contributed by atoms with Gasteiger partial charge in [-0.15, -0.1) is 0 Å². The Balaban J connectivity index is 1.96. The van der Waals surface area contributed by atoms with Gasteiger partial charge in [0.2, 0.25) is 5.13 Å². The summed E-state index contributed by atoms with van der Waals surface area (Å²) in [5, 5.41) is 4.13. The smallest absolute Gasteiger partial charge is 0.203 e. The van der Waals surface area contributed by atoms with Crippen molar-refractivity contribution in [2.75, 3.05) is 5.32 Å². The summed E-state index contributed by atoms with van der Waals surface area (Å²) < 4.78 is 17.3. The van der Waals surface area contributed by atoms with Gasteiger partial charge in [-0.1, -0.05) is 42.5 Å². The van der Waals surface area contributed by atoms with Gasteiger partial charge in [0.15, 0.2) is 0 Å². The van der Waals surface area contributed by atoms with Crippen LogP contribution in [0.4, 0.5) is 9.52 Å². The van der Waals surface area contributed by atoms with E-state index in [1.165, 1.54) is 23.7 Å². The van der Waals surface area contributed by atoms with Crippen LogP contribution >= 0.6 is 11.5 Å². The number of aromatic nitrogens is 2. The van der Waals surface area contributed by atoms with E-state index < -0.39 is 0 Å². The largest absolute Gasteiger partial charge is 0.349 e. The molecule has 0 saturated carbocycles. The van der Waals surface area contributed by atoms with Gasteiger partial charge in [-0.3, -0.25) is 0 Å². The Morgan fingerprint density at radius 2 is 1.67 bits per heavy atom. The van der Waals surface area contributed by atoms with Crippen LogP contribution in [0.3, 0.4) is 0 Å². The zero-order valence-corrected chi connectivity index (χ0v) is 12.3. The summed E-state index contributed by atoms with van der Waals surface area (Å²) in [7, 11) is 0. The van der Waals surface area contributed by atoms with Gasteiger partial charge < -0.3 is 5.32 Å². The molecule has 0 spiro atoms. The molecule has 0 radical (unpaired) electrons. The average molecular weight is 299 g/mol. The van der Waals surface area contributed by atoms with E-state index in [9.17, 15) is 4.39 Å². The van der Waals surface area contributed by atoms with E-state index in [0.717, 1.165) is 22.1 Å². The second kappa shape index (κ2) is 6.01. The lowest BCUT2D eigenvalue weighted by Crippen LogP contribution is -2.12. The van der Waals surface area contributed by atoms with Crippen LogP contribution < -0.4 is 5.32 Å². The summed E-state index contributed by atoms with van der Waals surface area (Å²) in [5.41, 5.74) is 2.08. The highest BCUT2D eigenvalue weighted by Gasteiger charge is 2.15. The topological polar surface area (TPSA) is 37.8 Å². The Morgan fingerprint density at radius 1 is 1.00 bits per heavy atom. The predicted molar refractivity (Wildman–Crippen MR) is 83.0 cm³/mol. The van der Waals surface area contributed by atoms with Gasteiger partial charge in [0, 0.05) is 11.5 Å². The van der Waals surface area contributed by atoms with E-state index in [2.05, 4.69) is 14.7 Å². The first-order valence-electron chi connectivity index (χ1n) is 6.59. The Hall–Kier alpha value is -2.27. The van der Waals surface area contributed by atoms with Crippen molar-refractivity contribution in [3.05, 3.63) is 77.4 Å². The first-order chi connectivity index (χ1) is 10.2. The van der Waals surface area contributed by atoms with Gasteiger partial charge in [0.25, 0.3) is 0 Å². The van der Waals surface area contributed by atoms with Crippen LogP contribution in [0.2, 0.25) is 0 Å². The van der Waals surface area contributed by atoms with E-state index in [0.29, 0.717) is 0 Å². The third kappa shape index (κ3) is 3.25. The standard InChI is InChI=1S/C16H14FN3S/c1-11-18-16(21-20-11)19-15(12-5-3-2-4-6-12)13-7-9-14(17)10-8-13/h2-10,15H,1H3,(H,18,19,20). The fraction of sp³-hybridized carbons (Fsp3) is 0.125. The molecule has 0 saturated heterocycles. The van der Waals surface area contributed by atoms with Crippen LogP contribution in [0.5, 0.6) is 0 Å². The van der Waals surface area contributed by atoms with Gasteiger partial charge in [-0.2, -0.15) is 4.37 Å². The van der Waals surface area contributed by atoms with Crippen molar-refractivity contribution < 1.29 is 4.39 Å². The van der Waals surface area contributed by atoms with Gasteiger partial charge in [-0.25, -0.2) is 9.37 Å². The minimum atomic E-state index is -0.239. The SMILES string of the molecule is Cc1nsc(NC(c2ccccc2)c2ccc(F)cc2)n1.